The maximum Gasteiger partial charge on any atom is 0.344 e. The zero-order chi connectivity index (χ0) is 15.4. The Balaban J connectivity index is 2.19. The molecule has 0 spiro atoms. The van der Waals surface area contributed by atoms with Gasteiger partial charge in [-0.25, -0.2) is 9.78 Å². The van der Waals surface area contributed by atoms with Crippen molar-refractivity contribution in [3.63, 3.8) is 0 Å². The third kappa shape index (κ3) is 3.95. The monoisotopic (exact) mass is 373 g/mol. The van der Waals surface area contributed by atoms with Gasteiger partial charge in [-0.15, -0.1) is 0 Å². The van der Waals surface area contributed by atoms with Gasteiger partial charge in [0.05, 0.1) is 23.5 Å². The molecule has 0 aliphatic rings. The van der Waals surface area contributed by atoms with E-state index in [0.717, 1.165) is 5.56 Å². The Morgan fingerprint density at radius 2 is 2.29 bits per heavy atom. The number of rotatable bonds is 5. The summed E-state index contributed by atoms with van der Waals surface area (Å²) < 4.78 is 12.2. The van der Waals surface area contributed by atoms with Gasteiger partial charge in [0.15, 0.2) is 12.4 Å². The Morgan fingerprint density at radius 1 is 1.52 bits per heavy atom. The van der Waals surface area contributed by atoms with Crippen molar-refractivity contribution < 1.29 is 14.3 Å². The molecule has 0 aromatic carbocycles. The SMILES string of the molecule is CCOC(=O)COc1cc(Cl)c(-c2cnn(C)c2)nc1Br. The smallest absolute Gasteiger partial charge is 0.344 e. The minimum absolute atomic E-state index is 0.198. The van der Waals surface area contributed by atoms with E-state index in [1.54, 1.807) is 30.1 Å². The van der Waals surface area contributed by atoms with Gasteiger partial charge in [0.1, 0.15) is 4.60 Å². The summed E-state index contributed by atoms with van der Waals surface area (Å²) >= 11 is 9.51. The van der Waals surface area contributed by atoms with Crippen LogP contribution in [0.4, 0.5) is 0 Å². The van der Waals surface area contributed by atoms with Gasteiger partial charge in [-0.3, -0.25) is 4.68 Å². The first-order valence-corrected chi connectivity index (χ1v) is 7.31. The number of carbonyl (C=O) groups excluding carboxylic acids is 1. The third-order valence-electron chi connectivity index (χ3n) is 2.53. The van der Waals surface area contributed by atoms with E-state index in [0.29, 0.717) is 27.7 Å². The van der Waals surface area contributed by atoms with Gasteiger partial charge in [-0.1, -0.05) is 11.6 Å². The van der Waals surface area contributed by atoms with Crippen LogP contribution in [0.15, 0.2) is 23.1 Å². The molecule has 0 saturated carbocycles. The molecule has 0 aliphatic heterocycles. The normalized spacial score (nSPS) is 10.5. The average Bonchev–Trinajstić information content (AvgIpc) is 2.86. The van der Waals surface area contributed by atoms with E-state index in [-0.39, 0.29) is 6.61 Å². The van der Waals surface area contributed by atoms with E-state index >= 15 is 0 Å². The zero-order valence-electron chi connectivity index (χ0n) is 11.5. The number of esters is 1. The van der Waals surface area contributed by atoms with Gasteiger partial charge in [0.25, 0.3) is 0 Å². The van der Waals surface area contributed by atoms with Crippen LogP contribution in [0.3, 0.4) is 0 Å². The summed E-state index contributed by atoms with van der Waals surface area (Å²) in [7, 11) is 1.81. The van der Waals surface area contributed by atoms with E-state index < -0.39 is 5.97 Å². The van der Waals surface area contributed by atoms with Crippen molar-refractivity contribution in [3.8, 4) is 17.0 Å². The van der Waals surface area contributed by atoms with Crippen molar-refractivity contribution in [2.45, 2.75) is 6.92 Å². The van der Waals surface area contributed by atoms with Crippen LogP contribution in [0, 0.1) is 0 Å². The second-order valence-electron chi connectivity index (χ2n) is 4.10. The van der Waals surface area contributed by atoms with E-state index in [1.165, 1.54) is 0 Å². The third-order valence-corrected chi connectivity index (χ3v) is 3.38. The highest BCUT2D eigenvalue weighted by Gasteiger charge is 2.14. The number of aromatic nitrogens is 3. The zero-order valence-corrected chi connectivity index (χ0v) is 13.8. The number of nitrogens with zero attached hydrogens (tertiary/aromatic N) is 3. The van der Waals surface area contributed by atoms with Crippen molar-refractivity contribution in [1.29, 1.82) is 0 Å². The van der Waals surface area contributed by atoms with Crippen molar-refractivity contribution >= 4 is 33.5 Å². The second-order valence-corrected chi connectivity index (χ2v) is 5.26. The molecule has 2 aromatic heterocycles. The van der Waals surface area contributed by atoms with Crippen molar-refractivity contribution in [1.82, 2.24) is 14.8 Å². The van der Waals surface area contributed by atoms with E-state index in [9.17, 15) is 4.79 Å². The second kappa shape index (κ2) is 6.91. The van der Waals surface area contributed by atoms with Gasteiger partial charge < -0.3 is 9.47 Å². The average molecular weight is 375 g/mol. The number of ether oxygens (including phenoxy) is 2. The molecule has 2 aromatic rings. The molecule has 2 heterocycles. The predicted octanol–water partition coefficient (Wildman–Crippen LogP) is 2.84. The Labute approximate surface area is 135 Å². The first-order valence-electron chi connectivity index (χ1n) is 6.14. The number of carbonyl (C=O) groups is 1. The fourth-order valence-corrected chi connectivity index (χ4v) is 2.29. The van der Waals surface area contributed by atoms with Crippen LogP contribution in [-0.4, -0.2) is 33.9 Å². The molecule has 0 unspecified atom stereocenters. The molecule has 0 atom stereocenters. The molecular formula is C13H13BrClN3O3. The van der Waals surface area contributed by atoms with Gasteiger partial charge in [0.2, 0.25) is 0 Å². The number of hydrogen-bond acceptors (Lipinski definition) is 5. The summed E-state index contributed by atoms with van der Waals surface area (Å²) in [6, 6.07) is 1.60. The van der Waals surface area contributed by atoms with Crippen LogP contribution < -0.4 is 4.74 Å². The lowest BCUT2D eigenvalue weighted by molar-refractivity contribution is -0.145. The maximum atomic E-state index is 11.3. The largest absolute Gasteiger partial charge is 0.479 e. The fraction of sp³-hybridized carbons (Fsp3) is 0.308. The highest BCUT2D eigenvalue weighted by molar-refractivity contribution is 9.10. The maximum absolute atomic E-state index is 11.3. The fourth-order valence-electron chi connectivity index (χ4n) is 1.64. The number of aryl methyl sites for hydroxylation is 1. The van der Waals surface area contributed by atoms with Crippen LogP contribution in [0.5, 0.6) is 5.75 Å². The summed E-state index contributed by atoms with van der Waals surface area (Å²) in [5.74, 6) is -0.0717. The van der Waals surface area contributed by atoms with E-state index in [4.69, 9.17) is 21.1 Å². The minimum atomic E-state index is -0.447. The van der Waals surface area contributed by atoms with Gasteiger partial charge in [-0.05, 0) is 22.9 Å². The summed E-state index contributed by atoms with van der Waals surface area (Å²) in [5.41, 5.74) is 1.38. The molecule has 0 saturated heterocycles. The van der Waals surface area contributed by atoms with Gasteiger partial charge in [-0.2, -0.15) is 5.10 Å². The molecule has 0 radical (unpaired) electrons. The molecule has 0 fully saturated rings. The molecule has 0 N–H and O–H groups in total. The summed E-state index contributed by atoms with van der Waals surface area (Å²) in [6.07, 6.45) is 3.47. The van der Waals surface area contributed by atoms with Crippen molar-refractivity contribution in [3.05, 3.63) is 28.1 Å². The van der Waals surface area contributed by atoms with Crippen LogP contribution in [0.2, 0.25) is 5.02 Å². The molecule has 0 amide bonds. The Kier molecular flexibility index (Phi) is 5.19. The van der Waals surface area contributed by atoms with Crippen molar-refractivity contribution in [2.75, 3.05) is 13.2 Å². The highest BCUT2D eigenvalue weighted by atomic mass is 79.9. The number of hydrogen-bond donors (Lipinski definition) is 0. The molecule has 0 bridgehead atoms. The minimum Gasteiger partial charge on any atom is -0.479 e. The predicted molar refractivity (Wildman–Crippen MR) is 81.3 cm³/mol. The van der Waals surface area contributed by atoms with Crippen LogP contribution in [0.1, 0.15) is 6.92 Å². The summed E-state index contributed by atoms with van der Waals surface area (Å²) in [5, 5.41) is 4.48. The quantitative estimate of drug-likeness (QED) is 0.595. The first kappa shape index (κ1) is 15.8. The summed E-state index contributed by atoms with van der Waals surface area (Å²) in [6.45, 7) is 1.84. The molecule has 6 nitrogen and oxygen atoms in total. The topological polar surface area (TPSA) is 66.2 Å². The van der Waals surface area contributed by atoms with Crippen molar-refractivity contribution in [2.24, 2.45) is 7.05 Å². The van der Waals surface area contributed by atoms with Gasteiger partial charge in [0, 0.05) is 24.9 Å². The number of halogens is 2. The Hall–Kier alpha value is -1.60. The lowest BCUT2D eigenvalue weighted by Crippen LogP contribution is -2.15. The molecule has 0 aliphatic carbocycles. The lowest BCUT2D eigenvalue weighted by atomic mass is 10.2. The van der Waals surface area contributed by atoms with Crippen LogP contribution >= 0.6 is 27.5 Å². The summed E-state index contributed by atoms with van der Waals surface area (Å²) in [4.78, 5) is 15.6. The van der Waals surface area contributed by atoms with Gasteiger partial charge >= 0.3 is 5.97 Å². The molecular weight excluding hydrogens is 362 g/mol. The first-order chi connectivity index (χ1) is 10.0. The number of pyridine rings is 1. The molecule has 112 valence electrons. The Morgan fingerprint density at radius 3 is 2.90 bits per heavy atom. The Bertz CT molecular complexity index is 660. The molecule has 8 heteroatoms. The van der Waals surface area contributed by atoms with E-state index in [1.807, 2.05) is 7.05 Å². The van der Waals surface area contributed by atoms with Crippen LogP contribution in [-0.2, 0) is 16.6 Å². The molecule has 2 rings (SSSR count). The lowest BCUT2D eigenvalue weighted by Gasteiger charge is -2.09. The highest BCUT2D eigenvalue weighted by Crippen LogP contribution is 2.33. The standard InChI is InChI=1S/C13H13BrClN3O3/c1-3-20-11(19)7-21-10-4-9(15)12(17-13(10)14)8-5-16-18(2)6-8/h4-6H,3,7H2,1-2H3. The van der Waals surface area contributed by atoms with E-state index in [2.05, 4.69) is 26.0 Å². The van der Waals surface area contributed by atoms with Crippen LogP contribution in [0.25, 0.3) is 11.3 Å². The molecule has 21 heavy (non-hydrogen) atoms.